The van der Waals surface area contributed by atoms with Gasteiger partial charge in [0.15, 0.2) is 5.65 Å². The van der Waals surface area contributed by atoms with Gasteiger partial charge in [0, 0.05) is 17.4 Å². The first-order chi connectivity index (χ1) is 11.8. The number of hydrogen-bond donors (Lipinski definition) is 2. The molecular formula is C18H17N5O. The Morgan fingerprint density at radius 3 is 2.92 bits per heavy atom. The lowest BCUT2D eigenvalue weighted by Gasteiger charge is -2.06. The van der Waals surface area contributed by atoms with Crippen LogP contribution in [0.1, 0.15) is 5.56 Å². The topological polar surface area (TPSA) is 75.7 Å². The number of methoxy groups -OCH3 is 1. The van der Waals surface area contributed by atoms with E-state index in [9.17, 15) is 0 Å². The number of aromatic amines is 1. The molecule has 0 aliphatic heterocycles. The molecule has 0 atom stereocenters. The fourth-order valence-corrected chi connectivity index (χ4v) is 2.74. The quantitative estimate of drug-likeness (QED) is 0.591. The second-order valence-corrected chi connectivity index (χ2v) is 5.53. The van der Waals surface area contributed by atoms with Crippen LogP contribution in [0.5, 0.6) is 5.75 Å². The maximum Gasteiger partial charge on any atom is 0.244 e. The van der Waals surface area contributed by atoms with Crippen molar-refractivity contribution in [1.82, 2.24) is 20.2 Å². The Kier molecular flexibility index (Phi) is 3.70. The number of ether oxygens (including phenoxy) is 1. The minimum Gasteiger partial charge on any atom is -0.497 e. The van der Waals surface area contributed by atoms with Gasteiger partial charge in [0.05, 0.1) is 7.11 Å². The molecule has 2 aromatic carbocycles. The zero-order valence-corrected chi connectivity index (χ0v) is 13.3. The van der Waals surface area contributed by atoms with Crippen molar-refractivity contribution in [2.75, 3.05) is 19.0 Å². The van der Waals surface area contributed by atoms with Crippen LogP contribution in [0, 0.1) is 0 Å². The van der Waals surface area contributed by atoms with E-state index in [1.807, 2.05) is 42.5 Å². The Balaban J connectivity index is 1.49. The van der Waals surface area contributed by atoms with Crippen LogP contribution < -0.4 is 10.1 Å². The van der Waals surface area contributed by atoms with Crippen LogP contribution in [0.4, 0.5) is 5.95 Å². The Hall–Kier alpha value is -3.15. The molecule has 0 aliphatic rings. The third-order valence-electron chi connectivity index (χ3n) is 3.95. The first-order valence-corrected chi connectivity index (χ1v) is 7.81. The van der Waals surface area contributed by atoms with Crippen molar-refractivity contribution in [3.8, 4) is 5.75 Å². The molecule has 0 aliphatic carbocycles. The van der Waals surface area contributed by atoms with Gasteiger partial charge in [-0.1, -0.05) is 30.3 Å². The SMILES string of the molecule is COc1cccc(CCNc2nnc3c(n2)[nH]c2ccccc23)c1. The molecule has 0 saturated carbocycles. The summed E-state index contributed by atoms with van der Waals surface area (Å²) >= 11 is 0. The summed E-state index contributed by atoms with van der Waals surface area (Å²) in [5, 5.41) is 12.7. The molecule has 0 unspecified atom stereocenters. The highest BCUT2D eigenvalue weighted by molar-refractivity contribution is 6.03. The smallest absolute Gasteiger partial charge is 0.244 e. The van der Waals surface area contributed by atoms with E-state index < -0.39 is 0 Å². The predicted molar refractivity (Wildman–Crippen MR) is 94.4 cm³/mol. The molecular weight excluding hydrogens is 302 g/mol. The highest BCUT2D eigenvalue weighted by Gasteiger charge is 2.08. The molecule has 24 heavy (non-hydrogen) atoms. The molecule has 0 saturated heterocycles. The monoisotopic (exact) mass is 319 g/mol. The standard InChI is InChI=1S/C18H17N5O/c1-24-13-6-4-5-12(11-13)9-10-19-18-21-17-16(22-23-18)14-7-2-3-8-15(14)20-17/h2-8,11H,9-10H2,1H3,(H2,19,20,21,23). The normalized spacial score (nSPS) is 11.0. The number of para-hydroxylation sites is 1. The van der Waals surface area contributed by atoms with Gasteiger partial charge in [0.25, 0.3) is 0 Å². The molecule has 6 heteroatoms. The largest absolute Gasteiger partial charge is 0.497 e. The van der Waals surface area contributed by atoms with E-state index >= 15 is 0 Å². The molecule has 2 aromatic heterocycles. The van der Waals surface area contributed by atoms with Gasteiger partial charge in [-0.25, -0.2) is 0 Å². The summed E-state index contributed by atoms with van der Waals surface area (Å²) in [6.07, 6.45) is 0.852. The summed E-state index contributed by atoms with van der Waals surface area (Å²) < 4.78 is 5.24. The summed E-state index contributed by atoms with van der Waals surface area (Å²) in [7, 11) is 1.67. The molecule has 0 radical (unpaired) electrons. The van der Waals surface area contributed by atoms with Gasteiger partial charge < -0.3 is 15.0 Å². The van der Waals surface area contributed by atoms with E-state index in [1.54, 1.807) is 7.11 Å². The average Bonchev–Trinajstić information content (AvgIpc) is 2.99. The van der Waals surface area contributed by atoms with Crippen LogP contribution in [0.2, 0.25) is 0 Å². The van der Waals surface area contributed by atoms with Gasteiger partial charge in [0.1, 0.15) is 11.3 Å². The molecule has 2 N–H and O–H groups in total. The first kappa shape index (κ1) is 14.4. The van der Waals surface area contributed by atoms with Crippen LogP contribution in [0.25, 0.3) is 22.1 Å². The molecule has 4 aromatic rings. The van der Waals surface area contributed by atoms with Crippen molar-refractivity contribution in [1.29, 1.82) is 0 Å². The lowest BCUT2D eigenvalue weighted by Crippen LogP contribution is -2.08. The van der Waals surface area contributed by atoms with Crippen molar-refractivity contribution < 1.29 is 4.74 Å². The van der Waals surface area contributed by atoms with Gasteiger partial charge >= 0.3 is 0 Å². The Bertz CT molecular complexity index is 995. The first-order valence-electron chi connectivity index (χ1n) is 7.81. The Morgan fingerprint density at radius 1 is 1.08 bits per heavy atom. The van der Waals surface area contributed by atoms with E-state index in [4.69, 9.17) is 4.74 Å². The molecule has 0 spiro atoms. The molecule has 0 amide bonds. The van der Waals surface area contributed by atoms with Crippen LogP contribution in [-0.2, 0) is 6.42 Å². The summed E-state index contributed by atoms with van der Waals surface area (Å²) in [4.78, 5) is 7.78. The maximum atomic E-state index is 5.24. The number of anilines is 1. The molecule has 4 rings (SSSR count). The third kappa shape index (κ3) is 2.74. The van der Waals surface area contributed by atoms with Gasteiger partial charge in [0.2, 0.25) is 5.95 Å². The van der Waals surface area contributed by atoms with Crippen LogP contribution in [0.15, 0.2) is 48.5 Å². The van der Waals surface area contributed by atoms with Crippen LogP contribution >= 0.6 is 0 Å². The van der Waals surface area contributed by atoms with Crippen molar-refractivity contribution in [3.63, 3.8) is 0 Å². The molecule has 6 nitrogen and oxygen atoms in total. The fraction of sp³-hybridized carbons (Fsp3) is 0.167. The third-order valence-corrected chi connectivity index (χ3v) is 3.95. The number of rotatable bonds is 5. The van der Waals surface area contributed by atoms with E-state index in [0.717, 1.165) is 40.8 Å². The predicted octanol–water partition coefficient (Wildman–Crippen LogP) is 3.17. The maximum absolute atomic E-state index is 5.24. The number of nitrogens with one attached hydrogen (secondary N) is 2. The van der Waals surface area contributed by atoms with Gasteiger partial charge in [-0.2, -0.15) is 4.98 Å². The molecule has 0 fully saturated rings. The highest BCUT2D eigenvalue weighted by Crippen LogP contribution is 2.21. The minimum atomic E-state index is 0.525. The molecule has 120 valence electrons. The lowest BCUT2D eigenvalue weighted by molar-refractivity contribution is 0.414. The van der Waals surface area contributed by atoms with E-state index in [2.05, 4.69) is 31.5 Å². The number of nitrogens with zero attached hydrogens (tertiary/aromatic N) is 3. The van der Waals surface area contributed by atoms with E-state index in [-0.39, 0.29) is 0 Å². The van der Waals surface area contributed by atoms with E-state index in [0.29, 0.717) is 5.95 Å². The Labute approximate surface area is 138 Å². The van der Waals surface area contributed by atoms with Gasteiger partial charge in [-0.05, 0) is 30.2 Å². The van der Waals surface area contributed by atoms with Crippen molar-refractivity contribution in [2.45, 2.75) is 6.42 Å². The summed E-state index contributed by atoms with van der Waals surface area (Å²) in [5.74, 6) is 1.39. The van der Waals surface area contributed by atoms with E-state index in [1.165, 1.54) is 5.56 Å². The summed E-state index contributed by atoms with van der Waals surface area (Å²) in [6.45, 7) is 0.723. The lowest BCUT2D eigenvalue weighted by atomic mass is 10.1. The Morgan fingerprint density at radius 2 is 2.00 bits per heavy atom. The van der Waals surface area contributed by atoms with Gasteiger partial charge in [-0.15, -0.1) is 10.2 Å². The second-order valence-electron chi connectivity index (χ2n) is 5.53. The minimum absolute atomic E-state index is 0.525. The second kappa shape index (κ2) is 6.16. The molecule has 2 heterocycles. The number of hydrogen-bond acceptors (Lipinski definition) is 5. The van der Waals surface area contributed by atoms with Crippen LogP contribution in [-0.4, -0.2) is 33.8 Å². The zero-order valence-electron chi connectivity index (χ0n) is 13.3. The zero-order chi connectivity index (χ0) is 16.4. The molecule has 0 bridgehead atoms. The summed E-state index contributed by atoms with van der Waals surface area (Å²) in [6, 6.07) is 16.0. The van der Waals surface area contributed by atoms with Crippen LogP contribution in [0.3, 0.4) is 0 Å². The number of H-pyrrole nitrogens is 1. The average molecular weight is 319 g/mol. The highest BCUT2D eigenvalue weighted by atomic mass is 16.5. The van der Waals surface area contributed by atoms with Gasteiger partial charge in [-0.3, -0.25) is 0 Å². The number of benzene rings is 2. The number of aromatic nitrogens is 4. The summed E-state index contributed by atoms with van der Waals surface area (Å²) in [5.41, 5.74) is 3.75. The van der Waals surface area contributed by atoms with Crippen molar-refractivity contribution in [2.24, 2.45) is 0 Å². The fourth-order valence-electron chi connectivity index (χ4n) is 2.74. The van der Waals surface area contributed by atoms with Crippen molar-refractivity contribution >= 4 is 28.0 Å². The number of fused-ring (bicyclic) bond motifs is 3. The van der Waals surface area contributed by atoms with Crippen molar-refractivity contribution in [3.05, 3.63) is 54.1 Å².